The summed E-state index contributed by atoms with van der Waals surface area (Å²) in [5.41, 5.74) is 0.724. The highest BCUT2D eigenvalue weighted by Crippen LogP contribution is 2.26. The third-order valence-electron chi connectivity index (χ3n) is 1.96. The molecule has 0 fully saturated rings. The van der Waals surface area contributed by atoms with Crippen molar-refractivity contribution in [1.82, 2.24) is 0 Å². The number of ether oxygens (including phenoxy) is 1. The van der Waals surface area contributed by atoms with Gasteiger partial charge < -0.3 is 10.1 Å². The molecule has 0 spiro atoms. The second kappa shape index (κ2) is 4.90. The van der Waals surface area contributed by atoms with Crippen molar-refractivity contribution >= 4 is 15.5 Å². The quantitative estimate of drug-likeness (QED) is 0.801. The fraction of sp³-hybridized carbons (Fsp3) is 0.273. The van der Waals surface area contributed by atoms with Crippen LogP contribution in [0.4, 0.5) is 5.69 Å². The molecule has 1 N–H and O–H groups in total. The van der Waals surface area contributed by atoms with E-state index in [9.17, 15) is 8.42 Å². The number of hydrogen-bond acceptors (Lipinski definition) is 4. The third kappa shape index (κ3) is 2.91. The van der Waals surface area contributed by atoms with Crippen LogP contribution in [0.3, 0.4) is 0 Å². The summed E-state index contributed by atoms with van der Waals surface area (Å²) in [4.78, 5) is 0.168. The number of benzene rings is 1. The zero-order valence-corrected chi connectivity index (χ0v) is 9.97. The van der Waals surface area contributed by atoms with Gasteiger partial charge in [-0.1, -0.05) is 5.92 Å². The maximum Gasteiger partial charge on any atom is 0.179 e. The second-order valence-corrected chi connectivity index (χ2v) is 5.18. The highest BCUT2D eigenvalue weighted by atomic mass is 32.2. The molecular weight excluding hydrogens is 226 g/mol. The molecule has 0 unspecified atom stereocenters. The lowest BCUT2D eigenvalue weighted by Crippen LogP contribution is -2.03. The van der Waals surface area contributed by atoms with Crippen LogP contribution in [0.5, 0.6) is 5.75 Å². The fourth-order valence-electron chi connectivity index (χ4n) is 1.24. The van der Waals surface area contributed by atoms with Gasteiger partial charge in [0.2, 0.25) is 0 Å². The summed E-state index contributed by atoms with van der Waals surface area (Å²) in [5.74, 6) is 2.74. The molecule has 0 atom stereocenters. The Morgan fingerprint density at radius 3 is 2.69 bits per heavy atom. The molecule has 0 saturated carbocycles. The van der Waals surface area contributed by atoms with Crippen molar-refractivity contribution in [2.45, 2.75) is 4.90 Å². The van der Waals surface area contributed by atoms with Crippen molar-refractivity contribution in [2.75, 3.05) is 25.2 Å². The zero-order chi connectivity index (χ0) is 12.2. The maximum absolute atomic E-state index is 11.4. The summed E-state index contributed by atoms with van der Waals surface area (Å²) in [5, 5.41) is 2.94. The monoisotopic (exact) mass is 239 g/mol. The Morgan fingerprint density at radius 1 is 1.50 bits per heavy atom. The van der Waals surface area contributed by atoms with Crippen molar-refractivity contribution in [3.63, 3.8) is 0 Å². The summed E-state index contributed by atoms with van der Waals surface area (Å²) in [6.45, 7) is 0.376. The minimum atomic E-state index is -3.28. The fourth-order valence-corrected chi connectivity index (χ4v) is 2.06. The topological polar surface area (TPSA) is 55.4 Å². The zero-order valence-electron chi connectivity index (χ0n) is 9.15. The smallest absolute Gasteiger partial charge is 0.179 e. The van der Waals surface area contributed by atoms with Crippen LogP contribution >= 0.6 is 0 Å². The molecule has 0 aliphatic carbocycles. The van der Waals surface area contributed by atoms with Crippen LogP contribution in [-0.2, 0) is 9.84 Å². The molecule has 1 aromatic carbocycles. The molecule has 0 aliphatic rings. The van der Waals surface area contributed by atoms with E-state index in [2.05, 4.69) is 11.2 Å². The Kier molecular flexibility index (Phi) is 3.80. The average molecular weight is 239 g/mol. The van der Waals surface area contributed by atoms with E-state index in [0.29, 0.717) is 12.3 Å². The number of rotatable bonds is 4. The molecule has 5 heteroatoms. The first-order valence-electron chi connectivity index (χ1n) is 4.54. The van der Waals surface area contributed by atoms with E-state index >= 15 is 0 Å². The van der Waals surface area contributed by atoms with Gasteiger partial charge in [-0.2, -0.15) is 0 Å². The van der Waals surface area contributed by atoms with E-state index in [-0.39, 0.29) is 4.90 Å². The lowest BCUT2D eigenvalue weighted by molar-refractivity contribution is 0.403. The molecule has 0 radical (unpaired) electrons. The Bertz CT molecular complexity index is 515. The average Bonchev–Trinajstić information content (AvgIpc) is 2.24. The van der Waals surface area contributed by atoms with E-state index in [1.54, 1.807) is 12.1 Å². The van der Waals surface area contributed by atoms with E-state index in [1.165, 1.54) is 13.2 Å². The lowest BCUT2D eigenvalue weighted by Gasteiger charge is -2.09. The summed E-state index contributed by atoms with van der Waals surface area (Å²) in [6, 6.07) is 4.75. The Balaban J connectivity index is 3.13. The van der Waals surface area contributed by atoms with E-state index in [0.717, 1.165) is 11.9 Å². The number of hydrogen-bond donors (Lipinski definition) is 1. The molecule has 4 nitrogen and oxygen atoms in total. The third-order valence-corrected chi connectivity index (χ3v) is 3.09. The van der Waals surface area contributed by atoms with Crippen LogP contribution in [0.1, 0.15) is 0 Å². The van der Waals surface area contributed by atoms with Crippen LogP contribution in [0.2, 0.25) is 0 Å². The second-order valence-electron chi connectivity index (χ2n) is 3.20. The van der Waals surface area contributed by atoms with Crippen LogP contribution in [-0.4, -0.2) is 28.3 Å². The molecule has 1 rings (SSSR count). The number of anilines is 1. The van der Waals surface area contributed by atoms with Crippen molar-refractivity contribution in [3.8, 4) is 18.1 Å². The van der Waals surface area contributed by atoms with Crippen LogP contribution in [0.15, 0.2) is 23.1 Å². The van der Waals surface area contributed by atoms with Gasteiger partial charge in [0, 0.05) is 18.0 Å². The van der Waals surface area contributed by atoms with Gasteiger partial charge in [0.05, 0.1) is 13.7 Å². The van der Waals surface area contributed by atoms with E-state index in [4.69, 9.17) is 11.2 Å². The first-order valence-corrected chi connectivity index (χ1v) is 6.43. The first-order chi connectivity index (χ1) is 7.49. The molecule has 1 aromatic rings. The van der Waals surface area contributed by atoms with Gasteiger partial charge in [0.1, 0.15) is 10.6 Å². The minimum Gasteiger partial charge on any atom is -0.495 e. The van der Waals surface area contributed by atoms with E-state index in [1.807, 2.05) is 0 Å². The van der Waals surface area contributed by atoms with Crippen LogP contribution in [0.25, 0.3) is 0 Å². The maximum atomic E-state index is 11.4. The van der Waals surface area contributed by atoms with Gasteiger partial charge >= 0.3 is 0 Å². The molecule has 0 heterocycles. The first kappa shape index (κ1) is 12.4. The SMILES string of the molecule is C#CCNc1ccc(S(C)(=O)=O)c(OC)c1. The molecular formula is C11H13NO3S. The molecule has 86 valence electrons. The standard InChI is InChI=1S/C11H13NO3S/c1-4-7-12-9-5-6-11(16(3,13)14)10(8-9)15-2/h1,5-6,8,12H,7H2,2-3H3. The number of nitrogens with one attached hydrogen (secondary N) is 1. The van der Waals surface area contributed by atoms with E-state index < -0.39 is 9.84 Å². The molecule has 16 heavy (non-hydrogen) atoms. The summed E-state index contributed by atoms with van der Waals surface area (Å²) in [6.07, 6.45) is 6.24. The molecule has 0 saturated heterocycles. The molecule has 0 amide bonds. The summed E-state index contributed by atoms with van der Waals surface area (Å²) < 4.78 is 27.8. The highest BCUT2D eigenvalue weighted by Gasteiger charge is 2.14. The predicted molar refractivity (Wildman–Crippen MR) is 63.4 cm³/mol. The van der Waals surface area contributed by atoms with Crippen molar-refractivity contribution in [1.29, 1.82) is 0 Å². The van der Waals surface area contributed by atoms with Gasteiger partial charge in [0.25, 0.3) is 0 Å². The summed E-state index contributed by atoms with van der Waals surface area (Å²) >= 11 is 0. The molecule has 0 bridgehead atoms. The minimum absolute atomic E-state index is 0.168. The Labute approximate surface area is 95.5 Å². The lowest BCUT2D eigenvalue weighted by atomic mass is 10.3. The van der Waals surface area contributed by atoms with Gasteiger partial charge in [-0.15, -0.1) is 6.42 Å². The van der Waals surface area contributed by atoms with Gasteiger partial charge in [-0.3, -0.25) is 0 Å². The Morgan fingerprint density at radius 2 is 2.19 bits per heavy atom. The Hall–Kier alpha value is -1.67. The summed E-state index contributed by atoms with van der Waals surface area (Å²) in [7, 11) is -1.85. The highest BCUT2D eigenvalue weighted by molar-refractivity contribution is 7.90. The number of sulfone groups is 1. The van der Waals surface area contributed by atoms with Crippen molar-refractivity contribution in [2.24, 2.45) is 0 Å². The van der Waals surface area contributed by atoms with Crippen molar-refractivity contribution < 1.29 is 13.2 Å². The van der Waals surface area contributed by atoms with Gasteiger partial charge in [-0.25, -0.2) is 8.42 Å². The normalized spacial score (nSPS) is 10.6. The van der Waals surface area contributed by atoms with Gasteiger partial charge in [-0.05, 0) is 12.1 Å². The molecule has 0 aliphatic heterocycles. The van der Waals surface area contributed by atoms with Crippen LogP contribution in [0, 0.1) is 12.3 Å². The number of terminal acetylenes is 1. The van der Waals surface area contributed by atoms with Gasteiger partial charge in [0.15, 0.2) is 9.84 Å². The predicted octanol–water partition coefficient (Wildman–Crippen LogP) is 1.14. The largest absolute Gasteiger partial charge is 0.495 e. The number of methoxy groups -OCH3 is 1. The molecule has 0 aromatic heterocycles. The van der Waals surface area contributed by atoms with Crippen LogP contribution < -0.4 is 10.1 Å². The van der Waals surface area contributed by atoms with Crippen molar-refractivity contribution in [3.05, 3.63) is 18.2 Å².